The zero-order valence-electron chi connectivity index (χ0n) is 10.4. The standard InChI is InChI=1S/C13H22N2O2/c1-15(13(9-14)10-16)7-8-17-11-12-5-3-2-4-6-12/h2-6,13,16H,7-11,14H2,1H3. The molecule has 0 aliphatic rings. The molecule has 1 rings (SSSR count). The molecule has 0 spiro atoms. The summed E-state index contributed by atoms with van der Waals surface area (Å²) in [7, 11) is 1.94. The molecule has 1 aromatic carbocycles. The predicted octanol–water partition coefficient (Wildman–Crippen LogP) is 0.455. The Morgan fingerprint density at radius 3 is 2.65 bits per heavy atom. The summed E-state index contributed by atoms with van der Waals surface area (Å²) < 4.78 is 5.57. The van der Waals surface area contributed by atoms with E-state index in [1.807, 2.05) is 42.3 Å². The Hall–Kier alpha value is -0.940. The van der Waals surface area contributed by atoms with Crippen molar-refractivity contribution in [2.75, 3.05) is 33.4 Å². The maximum atomic E-state index is 9.07. The van der Waals surface area contributed by atoms with Crippen LogP contribution >= 0.6 is 0 Å². The molecule has 96 valence electrons. The molecule has 0 aliphatic heterocycles. The second-order valence-corrected chi connectivity index (χ2v) is 4.09. The third-order valence-electron chi connectivity index (χ3n) is 2.81. The van der Waals surface area contributed by atoms with Crippen LogP contribution in [0.25, 0.3) is 0 Å². The quantitative estimate of drug-likeness (QED) is 0.646. The van der Waals surface area contributed by atoms with Crippen molar-refractivity contribution in [1.29, 1.82) is 0 Å². The van der Waals surface area contributed by atoms with E-state index in [-0.39, 0.29) is 12.6 Å². The van der Waals surface area contributed by atoms with Gasteiger partial charge in [-0.2, -0.15) is 0 Å². The Balaban J connectivity index is 2.16. The number of nitrogens with two attached hydrogens (primary N) is 1. The first-order valence-corrected chi connectivity index (χ1v) is 5.90. The van der Waals surface area contributed by atoms with Gasteiger partial charge in [-0.1, -0.05) is 30.3 Å². The van der Waals surface area contributed by atoms with Crippen molar-refractivity contribution in [2.24, 2.45) is 5.73 Å². The van der Waals surface area contributed by atoms with Gasteiger partial charge in [0.05, 0.1) is 19.8 Å². The lowest BCUT2D eigenvalue weighted by atomic mass is 10.2. The van der Waals surface area contributed by atoms with E-state index in [0.29, 0.717) is 19.8 Å². The van der Waals surface area contributed by atoms with Crippen LogP contribution in [0.4, 0.5) is 0 Å². The molecule has 1 aromatic rings. The first-order valence-electron chi connectivity index (χ1n) is 5.90. The number of hydrogen-bond donors (Lipinski definition) is 2. The van der Waals surface area contributed by atoms with Crippen molar-refractivity contribution >= 4 is 0 Å². The van der Waals surface area contributed by atoms with Gasteiger partial charge in [0.2, 0.25) is 0 Å². The van der Waals surface area contributed by atoms with Gasteiger partial charge in [-0.15, -0.1) is 0 Å². The largest absolute Gasteiger partial charge is 0.395 e. The highest BCUT2D eigenvalue weighted by Gasteiger charge is 2.10. The molecule has 0 fully saturated rings. The Bertz CT molecular complexity index is 289. The van der Waals surface area contributed by atoms with E-state index in [2.05, 4.69) is 0 Å². The highest BCUT2D eigenvalue weighted by Crippen LogP contribution is 2.00. The normalized spacial score (nSPS) is 12.9. The summed E-state index contributed by atoms with van der Waals surface area (Å²) in [6.07, 6.45) is 0. The van der Waals surface area contributed by atoms with E-state index in [0.717, 1.165) is 6.54 Å². The molecule has 17 heavy (non-hydrogen) atoms. The maximum Gasteiger partial charge on any atom is 0.0717 e. The van der Waals surface area contributed by atoms with E-state index >= 15 is 0 Å². The summed E-state index contributed by atoms with van der Waals surface area (Å²) in [6, 6.07) is 10.1. The first kappa shape index (κ1) is 14.1. The van der Waals surface area contributed by atoms with Gasteiger partial charge < -0.3 is 15.6 Å². The molecule has 0 saturated heterocycles. The fourth-order valence-electron chi connectivity index (χ4n) is 1.55. The van der Waals surface area contributed by atoms with E-state index in [4.69, 9.17) is 15.6 Å². The second kappa shape index (κ2) is 8.20. The van der Waals surface area contributed by atoms with Crippen molar-refractivity contribution in [3.05, 3.63) is 35.9 Å². The summed E-state index contributed by atoms with van der Waals surface area (Å²) in [4.78, 5) is 2.02. The summed E-state index contributed by atoms with van der Waals surface area (Å²) in [6.45, 7) is 2.59. The lowest BCUT2D eigenvalue weighted by Crippen LogP contribution is -2.42. The number of aliphatic hydroxyl groups is 1. The number of nitrogens with zero attached hydrogens (tertiary/aromatic N) is 1. The van der Waals surface area contributed by atoms with Crippen molar-refractivity contribution in [3.8, 4) is 0 Å². The Kier molecular flexibility index (Phi) is 6.81. The number of hydrogen-bond acceptors (Lipinski definition) is 4. The van der Waals surface area contributed by atoms with Gasteiger partial charge in [-0.3, -0.25) is 4.90 Å². The van der Waals surface area contributed by atoms with Crippen LogP contribution in [0, 0.1) is 0 Å². The van der Waals surface area contributed by atoms with Crippen LogP contribution in [0.15, 0.2) is 30.3 Å². The topological polar surface area (TPSA) is 58.7 Å². The molecular formula is C13H22N2O2. The summed E-state index contributed by atoms with van der Waals surface area (Å²) in [5.41, 5.74) is 6.71. The van der Waals surface area contributed by atoms with Crippen molar-refractivity contribution in [2.45, 2.75) is 12.6 Å². The van der Waals surface area contributed by atoms with Crippen LogP contribution in [0.5, 0.6) is 0 Å². The minimum absolute atomic E-state index is 0.0234. The third kappa shape index (κ3) is 5.28. The van der Waals surface area contributed by atoms with E-state index in [1.54, 1.807) is 0 Å². The minimum atomic E-state index is 0.0234. The summed E-state index contributed by atoms with van der Waals surface area (Å²) in [5.74, 6) is 0. The third-order valence-corrected chi connectivity index (χ3v) is 2.81. The number of rotatable bonds is 8. The average Bonchev–Trinajstić information content (AvgIpc) is 2.37. The van der Waals surface area contributed by atoms with E-state index < -0.39 is 0 Å². The van der Waals surface area contributed by atoms with Gasteiger partial charge in [-0.25, -0.2) is 0 Å². The smallest absolute Gasteiger partial charge is 0.0717 e. The van der Waals surface area contributed by atoms with Gasteiger partial charge in [-0.05, 0) is 12.6 Å². The first-order chi connectivity index (χ1) is 8.27. The fourth-order valence-corrected chi connectivity index (χ4v) is 1.55. The lowest BCUT2D eigenvalue weighted by Gasteiger charge is -2.24. The number of ether oxygens (including phenoxy) is 1. The zero-order chi connectivity index (χ0) is 12.5. The maximum absolute atomic E-state index is 9.07. The fraction of sp³-hybridized carbons (Fsp3) is 0.538. The summed E-state index contributed by atoms with van der Waals surface area (Å²) in [5, 5.41) is 9.07. The Labute approximate surface area is 103 Å². The van der Waals surface area contributed by atoms with Gasteiger partial charge in [0.1, 0.15) is 0 Å². The molecule has 0 saturated carbocycles. The SMILES string of the molecule is CN(CCOCc1ccccc1)C(CN)CO. The number of likely N-dealkylation sites (N-methyl/N-ethyl adjacent to an activating group) is 1. The highest BCUT2D eigenvalue weighted by molar-refractivity contribution is 5.13. The van der Waals surface area contributed by atoms with Crippen LogP contribution in [0.2, 0.25) is 0 Å². The van der Waals surface area contributed by atoms with Gasteiger partial charge in [0.15, 0.2) is 0 Å². The Morgan fingerprint density at radius 1 is 1.35 bits per heavy atom. The zero-order valence-corrected chi connectivity index (χ0v) is 10.4. The van der Waals surface area contributed by atoms with Crippen LogP contribution < -0.4 is 5.73 Å². The molecule has 0 amide bonds. The van der Waals surface area contributed by atoms with Crippen LogP contribution in [-0.4, -0.2) is 49.4 Å². The Morgan fingerprint density at radius 2 is 2.06 bits per heavy atom. The molecule has 0 radical (unpaired) electrons. The van der Waals surface area contributed by atoms with Crippen molar-refractivity contribution < 1.29 is 9.84 Å². The number of aliphatic hydroxyl groups excluding tert-OH is 1. The van der Waals surface area contributed by atoms with Gasteiger partial charge in [0.25, 0.3) is 0 Å². The van der Waals surface area contributed by atoms with Gasteiger partial charge in [0, 0.05) is 19.1 Å². The number of benzene rings is 1. The van der Waals surface area contributed by atoms with Gasteiger partial charge >= 0.3 is 0 Å². The molecule has 1 unspecified atom stereocenters. The molecule has 3 N–H and O–H groups in total. The monoisotopic (exact) mass is 238 g/mol. The van der Waals surface area contributed by atoms with E-state index in [9.17, 15) is 0 Å². The molecule has 0 aliphatic carbocycles. The molecule has 0 bridgehead atoms. The van der Waals surface area contributed by atoms with Crippen LogP contribution in [0.3, 0.4) is 0 Å². The molecule has 0 aromatic heterocycles. The molecular weight excluding hydrogens is 216 g/mol. The molecule has 1 atom stereocenters. The summed E-state index contributed by atoms with van der Waals surface area (Å²) >= 11 is 0. The molecule has 4 nitrogen and oxygen atoms in total. The average molecular weight is 238 g/mol. The predicted molar refractivity (Wildman–Crippen MR) is 68.7 cm³/mol. The van der Waals surface area contributed by atoms with Crippen molar-refractivity contribution in [3.63, 3.8) is 0 Å². The second-order valence-electron chi connectivity index (χ2n) is 4.09. The van der Waals surface area contributed by atoms with Crippen LogP contribution in [-0.2, 0) is 11.3 Å². The van der Waals surface area contributed by atoms with Crippen molar-refractivity contribution in [1.82, 2.24) is 4.90 Å². The lowest BCUT2D eigenvalue weighted by molar-refractivity contribution is 0.0754. The van der Waals surface area contributed by atoms with E-state index in [1.165, 1.54) is 5.56 Å². The molecule has 4 heteroatoms. The van der Waals surface area contributed by atoms with Crippen LogP contribution in [0.1, 0.15) is 5.56 Å². The minimum Gasteiger partial charge on any atom is -0.395 e. The highest BCUT2D eigenvalue weighted by atomic mass is 16.5. The molecule has 0 heterocycles.